The summed E-state index contributed by atoms with van der Waals surface area (Å²) in [4.78, 5) is 23.6. The highest BCUT2D eigenvalue weighted by Crippen LogP contribution is 2.36. The number of methoxy groups -OCH3 is 1. The minimum absolute atomic E-state index is 0.144. The Balaban J connectivity index is 2.97. The fourth-order valence-corrected chi connectivity index (χ4v) is 2.74. The van der Waals surface area contributed by atoms with Gasteiger partial charge in [0.1, 0.15) is 10.6 Å². The van der Waals surface area contributed by atoms with E-state index >= 15 is 0 Å². The average Bonchev–Trinajstić information content (AvgIpc) is 2.71. The molecule has 0 fully saturated rings. The molecule has 1 rings (SSSR count). The van der Waals surface area contributed by atoms with E-state index < -0.39 is 5.97 Å². The third-order valence-corrected chi connectivity index (χ3v) is 3.98. The summed E-state index contributed by atoms with van der Waals surface area (Å²) in [5.74, 6) is -0.659. The Bertz CT molecular complexity index is 469. The number of carbonyl (C=O) groups is 2. The van der Waals surface area contributed by atoms with Gasteiger partial charge in [-0.1, -0.05) is 19.8 Å². The highest BCUT2D eigenvalue weighted by atomic mass is 32.1. The molecule has 1 heterocycles. The molecular formula is C13H20N2O3S. The maximum absolute atomic E-state index is 11.7. The molecule has 1 aromatic rings. The third kappa shape index (κ3) is 3.70. The van der Waals surface area contributed by atoms with E-state index in [0.717, 1.165) is 25.8 Å². The Labute approximate surface area is 117 Å². The summed E-state index contributed by atoms with van der Waals surface area (Å²) in [6, 6.07) is 0. The lowest BCUT2D eigenvalue weighted by molar-refractivity contribution is 0.0603. The number of esters is 1. The Hall–Kier alpha value is -1.56. The first-order chi connectivity index (χ1) is 9.02. The molecule has 5 nitrogen and oxygen atoms in total. The summed E-state index contributed by atoms with van der Waals surface area (Å²) < 4.78 is 4.71. The first kappa shape index (κ1) is 15.5. The number of thiophene rings is 1. The number of unbranched alkanes of at least 4 members (excludes halogenated alkanes) is 2. The van der Waals surface area contributed by atoms with Gasteiger partial charge in [-0.25, -0.2) is 4.79 Å². The van der Waals surface area contributed by atoms with Crippen molar-refractivity contribution in [1.82, 2.24) is 0 Å². The van der Waals surface area contributed by atoms with Crippen LogP contribution < -0.4 is 11.1 Å². The number of hydrogen-bond acceptors (Lipinski definition) is 6. The van der Waals surface area contributed by atoms with Gasteiger partial charge in [-0.15, -0.1) is 11.3 Å². The molecule has 6 heteroatoms. The van der Waals surface area contributed by atoms with E-state index in [1.807, 2.05) is 0 Å². The van der Waals surface area contributed by atoms with Crippen molar-refractivity contribution in [3.8, 4) is 0 Å². The van der Waals surface area contributed by atoms with Crippen LogP contribution in [0.2, 0.25) is 0 Å². The number of anilines is 2. The van der Waals surface area contributed by atoms with Crippen LogP contribution in [0.4, 0.5) is 10.7 Å². The normalized spacial score (nSPS) is 10.3. The Kier molecular flexibility index (Phi) is 5.82. The van der Waals surface area contributed by atoms with Crippen LogP contribution >= 0.6 is 11.3 Å². The van der Waals surface area contributed by atoms with Crippen molar-refractivity contribution >= 4 is 33.8 Å². The van der Waals surface area contributed by atoms with Gasteiger partial charge in [0.05, 0.1) is 17.7 Å². The summed E-state index contributed by atoms with van der Waals surface area (Å²) in [7, 11) is 1.30. The number of ether oxygens (including phenoxy) is 1. The topological polar surface area (TPSA) is 81.4 Å². The van der Waals surface area contributed by atoms with E-state index in [1.54, 1.807) is 0 Å². The first-order valence-electron chi connectivity index (χ1n) is 6.28. The van der Waals surface area contributed by atoms with Gasteiger partial charge in [0.2, 0.25) is 0 Å². The monoisotopic (exact) mass is 284 g/mol. The SMILES string of the molecule is CCCCCNc1sc(C(C)=O)c(N)c1C(=O)OC. The predicted octanol–water partition coefficient (Wildman–Crippen LogP) is 2.92. The van der Waals surface area contributed by atoms with Crippen molar-refractivity contribution in [3.05, 3.63) is 10.4 Å². The standard InChI is InChI=1S/C13H20N2O3S/c1-4-5-6-7-15-12-9(13(17)18-3)10(14)11(19-12)8(2)16/h15H,4-7,14H2,1-3H3. The highest BCUT2D eigenvalue weighted by Gasteiger charge is 2.24. The maximum Gasteiger partial charge on any atom is 0.343 e. The number of nitrogen functional groups attached to an aromatic ring is 1. The second kappa shape index (κ2) is 7.13. The number of carbonyl (C=O) groups excluding carboxylic acids is 2. The number of hydrogen-bond donors (Lipinski definition) is 2. The zero-order valence-electron chi connectivity index (χ0n) is 11.5. The first-order valence-corrected chi connectivity index (χ1v) is 7.09. The molecule has 0 amide bonds. The molecule has 106 valence electrons. The molecule has 0 saturated heterocycles. The Morgan fingerprint density at radius 3 is 2.58 bits per heavy atom. The molecular weight excluding hydrogens is 264 g/mol. The fourth-order valence-electron chi connectivity index (χ4n) is 1.71. The Morgan fingerprint density at radius 1 is 1.37 bits per heavy atom. The highest BCUT2D eigenvalue weighted by molar-refractivity contribution is 7.19. The van der Waals surface area contributed by atoms with Crippen LogP contribution in [0.5, 0.6) is 0 Å². The molecule has 19 heavy (non-hydrogen) atoms. The molecule has 0 radical (unpaired) electrons. The smallest absolute Gasteiger partial charge is 0.343 e. The number of rotatable bonds is 7. The van der Waals surface area contributed by atoms with Crippen LogP contribution in [0.1, 0.15) is 53.1 Å². The van der Waals surface area contributed by atoms with Crippen molar-refractivity contribution in [2.24, 2.45) is 0 Å². The number of ketones is 1. The lowest BCUT2D eigenvalue weighted by Gasteiger charge is -2.06. The molecule has 0 aliphatic carbocycles. The average molecular weight is 284 g/mol. The third-order valence-electron chi connectivity index (χ3n) is 2.72. The van der Waals surface area contributed by atoms with E-state index in [2.05, 4.69) is 12.2 Å². The molecule has 0 spiro atoms. The molecule has 3 N–H and O–H groups in total. The van der Waals surface area contributed by atoms with Crippen LogP contribution in [0.25, 0.3) is 0 Å². The van der Waals surface area contributed by atoms with E-state index in [-0.39, 0.29) is 17.0 Å². The quantitative estimate of drug-likeness (QED) is 0.457. The van der Waals surface area contributed by atoms with Gasteiger partial charge in [-0.05, 0) is 6.42 Å². The van der Waals surface area contributed by atoms with Gasteiger partial charge in [0.15, 0.2) is 5.78 Å². The molecule has 0 aliphatic rings. The lowest BCUT2D eigenvalue weighted by Crippen LogP contribution is -2.09. The van der Waals surface area contributed by atoms with Gasteiger partial charge in [-0.3, -0.25) is 4.79 Å². The zero-order chi connectivity index (χ0) is 14.4. The van der Waals surface area contributed by atoms with Crippen molar-refractivity contribution in [1.29, 1.82) is 0 Å². The predicted molar refractivity (Wildman–Crippen MR) is 78.1 cm³/mol. The van der Waals surface area contributed by atoms with Crippen molar-refractivity contribution in [2.45, 2.75) is 33.1 Å². The van der Waals surface area contributed by atoms with Crippen molar-refractivity contribution in [2.75, 3.05) is 24.7 Å². The lowest BCUT2D eigenvalue weighted by atomic mass is 10.2. The maximum atomic E-state index is 11.7. The number of nitrogens with one attached hydrogen (secondary N) is 1. The van der Waals surface area contributed by atoms with E-state index in [4.69, 9.17) is 10.5 Å². The molecule has 1 aromatic heterocycles. The van der Waals surface area contributed by atoms with Crippen LogP contribution in [-0.2, 0) is 4.74 Å². The molecule has 0 bridgehead atoms. The van der Waals surface area contributed by atoms with Crippen molar-refractivity contribution in [3.63, 3.8) is 0 Å². The fraction of sp³-hybridized carbons (Fsp3) is 0.538. The van der Waals surface area contributed by atoms with Crippen LogP contribution in [0, 0.1) is 0 Å². The molecule has 0 unspecified atom stereocenters. The van der Waals surface area contributed by atoms with Crippen LogP contribution in [0.3, 0.4) is 0 Å². The summed E-state index contributed by atoms with van der Waals surface area (Å²) in [6.45, 7) is 4.30. The zero-order valence-corrected chi connectivity index (χ0v) is 12.4. The number of nitrogens with two attached hydrogens (primary N) is 1. The van der Waals surface area contributed by atoms with E-state index in [9.17, 15) is 9.59 Å². The Morgan fingerprint density at radius 2 is 2.05 bits per heavy atom. The second-order valence-electron chi connectivity index (χ2n) is 4.23. The summed E-state index contributed by atoms with van der Waals surface area (Å²) >= 11 is 1.21. The van der Waals surface area contributed by atoms with E-state index in [0.29, 0.717) is 9.88 Å². The van der Waals surface area contributed by atoms with Gasteiger partial charge in [-0.2, -0.15) is 0 Å². The molecule has 0 saturated carbocycles. The summed E-state index contributed by atoms with van der Waals surface area (Å²) in [5.41, 5.74) is 6.34. The minimum Gasteiger partial charge on any atom is -0.465 e. The molecule has 0 atom stereocenters. The molecule has 0 aliphatic heterocycles. The largest absolute Gasteiger partial charge is 0.465 e. The minimum atomic E-state index is -0.515. The summed E-state index contributed by atoms with van der Waals surface area (Å²) in [6.07, 6.45) is 3.24. The second-order valence-corrected chi connectivity index (χ2v) is 5.25. The van der Waals surface area contributed by atoms with Crippen LogP contribution in [0.15, 0.2) is 0 Å². The summed E-state index contributed by atoms with van der Waals surface area (Å²) in [5, 5.41) is 3.78. The van der Waals surface area contributed by atoms with Crippen molar-refractivity contribution < 1.29 is 14.3 Å². The van der Waals surface area contributed by atoms with Gasteiger partial charge in [0.25, 0.3) is 0 Å². The van der Waals surface area contributed by atoms with Gasteiger partial charge in [0, 0.05) is 13.5 Å². The van der Waals surface area contributed by atoms with Gasteiger partial charge >= 0.3 is 5.97 Å². The van der Waals surface area contributed by atoms with Crippen LogP contribution in [-0.4, -0.2) is 25.4 Å². The number of Topliss-reactive ketones (excluding diaryl/α,β-unsaturated/α-hetero) is 1. The molecule has 0 aromatic carbocycles. The van der Waals surface area contributed by atoms with Gasteiger partial charge < -0.3 is 15.8 Å². The van der Waals surface area contributed by atoms with E-state index in [1.165, 1.54) is 25.4 Å².